The Balaban J connectivity index is 1.35. The second-order valence-electron chi connectivity index (χ2n) is 8.05. The first-order chi connectivity index (χ1) is 15.2. The van der Waals surface area contributed by atoms with Gasteiger partial charge in [0.25, 0.3) is 0 Å². The number of aryl methyl sites for hydroxylation is 1. The minimum absolute atomic E-state index is 0.287. The van der Waals surface area contributed by atoms with Crippen LogP contribution in [-0.2, 0) is 0 Å². The predicted molar refractivity (Wildman–Crippen MR) is 117 cm³/mol. The highest BCUT2D eigenvalue weighted by atomic mass is 16.5. The van der Waals surface area contributed by atoms with Crippen LogP contribution in [0.2, 0.25) is 0 Å². The summed E-state index contributed by atoms with van der Waals surface area (Å²) in [6.45, 7) is 3.94. The van der Waals surface area contributed by atoms with Gasteiger partial charge in [0.1, 0.15) is 28.8 Å². The second kappa shape index (κ2) is 6.87. The Kier molecular flexibility index (Phi) is 3.99. The molecule has 8 heteroatoms. The van der Waals surface area contributed by atoms with E-state index in [9.17, 15) is 0 Å². The third-order valence-electron chi connectivity index (χ3n) is 5.64. The predicted octanol–water partition coefficient (Wildman–Crippen LogP) is 4.55. The third kappa shape index (κ3) is 3.20. The van der Waals surface area contributed by atoms with Gasteiger partial charge < -0.3 is 4.74 Å². The molecule has 0 saturated heterocycles. The number of aromatic amines is 1. The molecular formula is C23H21N7O. The maximum atomic E-state index is 6.29. The molecule has 0 aliphatic heterocycles. The van der Waals surface area contributed by atoms with Gasteiger partial charge in [0.2, 0.25) is 0 Å². The minimum Gasteiger partial charge on any atom is -0.484 e. The SMILES string of the molecule is Cc1cc2nccnc2c(C(C)Oc2ccc3[nH]nc(-c4cnn(C5CC5)c4)c3c2)n1. The summed E-state index contributed by atoms with van der Waals surface area (Å²) >= 11 is 0. The molecule has 4 aromatic heterocycles. The molecule has 0 amide bonds. The molecule has 6 rings (SSSR count). The maximum absolute atomic E-state index is 6.29. The van der Waals surface area contributed by atoms with E-state index >= 15 is 0 Å². The molecule has 0 bridgehead atoms. The van der Waals surface area contributed by atoms with Gasteiger partial charge in [0.15, 0.2) is 0 Å². The van der Waals surface area contributed by atoms with Crippen molar-refractivity contribution in [2.45, 2.75) is 38.8 Å². The average Bonchev–Trinajstić information content (AvgIpc) is 3.36. The van der Waals surface area contributed by atoms with Crippen LogP contribution in [0.5, 0.6) is 5.75 Å². The zero-order chi connectivity index (χ0) is 20.9. The number of nitrogens with one attached hydrogen (secondary N) is 1. The molecule has 8 nitrogen and oxygen atoms in total. The van der Waals surface area contributed by atoms with Crippen LogP contribution in [0.4, 0.5) is 0 Å². The molecule has 0 radical (unpaired) electrons. The molecule has 31 heavy (non-hydrogen) atoms. The first-order valence-electron chi connectivity index (χ1n) is 10.4. The van der Waals surface area contributed by atoms with Crippen LogP contribution in [-0.4, -0.2) is 34.9 Å². The Labute approximate surface area is 178 Å². The van der Waals surface area contributed by atoms with Gasteiger partial charge in [-0.2, -0.15) is 10.2 Å². The number of hydrogen-bond acceptors (Lipinski definition) is 6. The molecule has 1 N–H and O–H groups in total. The highest BCUT2D eigenvalue weighted by Crippen LogP contribution is 2.36. The van der Waals surface area contributed by atoms with Crippen molar-refractivity contribution < 1.29 is 4.74 Å². The van der Waals surface area contributed by atoms with Gasteiger partial charge in [0, 0.05) is 35.2 Å². The molecule has 1 aliphatic rings. The zero-order valence-corrected chi connectivity index (χ0v) is 17.3. The standard InChI is InChI=1S/C23H21N7O/c1-13-9-20-23(25-8-7-24-20)21(27-13)14(2)31-17-5-6-19-18(10-17)22(29-28-19)15-11-26-30(12-15)16-3-4-16/h5-12,14,16H,3-4H2,1-2H3,(H,28,29). The second-order valence-corrected chi connectivity index (χ2v) is 8.05. The minimum atomic E-state index is -0.287. The van der Waals surface area contributed by atoms with Gasteiger partial charge in [0.05, 0.1) is 23.3 Å². The largest absolute Gasteiger partial charge is 0.484 e. The summed E-state index contributed by atoms with van der Waals surface area (Å²) in [6.07, 6.45) is 9.44. The van der Waals surface area contributed by atoms with Gasteiger partial charge in [-0.25, -0.2) is 0 Å². The van der Waals surface area contributed by atoms with Crippen LogP contribution in [0.3, 0.4) is 0 Å². The Bertz CT molecular complexity index is 1420. The van der Waals surface area contributed by atoms with Crippen LogP contribution >= 0.6 is 0 Å². The summed E-state index contributed by atoms with van der Waals surface area (Å²) in [4.78, 5) is 13.6. The fourth-order valence-electron chi connectivity index (χ4n) is 3.95. The molecule has 1 unspecified atom stereocenters. The van der Waals surface area contributed by atoms with E-state index in [2.05, 4.69) is 36.4 Å². The van der Waals surface area contributed by atoms with E-state index in [-0.39, 0.29) is 6.10 Å². The van der Waals surface area contributed by atoms with Gasteiger partial charge >= 0.3 is 0 Å². The molecule has 1 atom stereocenters. The van der Waals surface area contributed by atoms with Crippen LogP contribution in [0.15, 0.2) is 49.1 Å². The summed E-state index contributed by atoms with van der Waals surface area (Å²) in [5, 5.41) is 13.1. The van der Waals surface area contributed by atoms with Crippen molar-refractivity contribution >= 4 is 21.9 Å². The number of ether oxygens (including phenoxy) is 1. The first-order valence-corrected chi connectivity index (χ1v) is 10.4. The number of pyridine rings is 1. The van der Waals surface area contributed by atoms with Crippen molar-refractivity contribution in [3.05, 3.63) is 60.4 Å². The smallest absolute Gasteiger partial charge is 0.140 e. The van der Waals surface area contributed by atoms with Crippen LogP contribution < -0.4 is 4.74 Å². The molecule has 0 spiro atoms. The lowest BCUT2D eigenvalue weighted by atomic mass is 10.1. The summed E-state index contributed by atoms with van der Waals surface area (Å²) in [7, 11) is 0. The monoisotopic (exact) mass is 411 g/mol. The zero-order valence-electron chi connectivity index (χ0n) is 17.3. The molecule has 154 valence electrons. The van der Waals surface area contributed by atoms with E-state index in [4.69, 9.17) is 4.74 Å². The van der Waals surface area contributed by atoms with Gasteiger partial charge in [-0.15, -0.1) is 0 Å². The van der Waals surface area contributed by atoms with E-state index in [1.807, 2.05) is 49.0 Å². The normalized spacial score (nSPS) is 14.9. The lowest BCUT2D eigenvalue weighted by Gasteiger charge is -2.16. The fraction of sp³-hybridized carbons (Fsp3) is 0.261. The Morgan fingerprint density at radius 3 is 2.90 bits per heavy atom. The molecule has 1 saturated carbocycles. The first kappa shape index (κ1) is 18.0. The summed E-state index contributed by atoms with van der Waals surface area (Å²) in [6, 6.07) is 8.42. The topological polar surface area (TPSA) is 94.4 Å². The maximum Gasteiger partial charge on any atom is 0.140 e. The molecule has 1 aromatic carbocycles. The Hall–Kier alpha value is -3.81. The number of aromatic nitrogens is 7. The van der Waals surface area contributed by atoms with Crippen molar-refractivity contribution in [1.82, 2.24) is 34.9 Å². The fourth-order valence-corrected chi connectivity index (χ4v) is 3.95. The van der Waals surface area contributed by atoms with E-state index in [0.717, 1.165) is 50.3 Å². The lowest BCUT2D eigenvalue weighted by molar-refractivity contribution is 0.223. The van der Waals surface area contributed by atoms with Crippen LogP contribution in [0.1, 0.15) is 43.3 Å². The number of nitrogens with zero attached hydrogens (tertiary/aromatic N) is 6. The summed E-state index contributed by atoms with van der Waals surface area (Å²) < 4.78 is 8.33. The number of fused-ring (bicyclic) bond motifs is 2. The highest BCUT2D eigenvalue weighted by molar-refractivity contribution is 5.93. The van der Waals surface area contributed by atoms with E-state index in [1.54, 1.807) is 12.4 Å². The van der Waals surface area contributed by atoms with Gasteiger partial charge in [-0.05, 0) is 51.0 Å². The van der Waals surface area contributed by atoms with E-state index in [1.165, 1.54) is 12.8 Å². The molecule has 1 fully saturated rings. The molecule has 5 aromatic rings. The average molecular weight is 411 g/mol. The number of hydrogen-bond donors (Lipinski definition) is 1. The van der Waals surface area contributed by atoms with Gasteiger partial charge in [-0.1, -0.05) is 0 Å². The van der Waals surface area contributed by atoms with Crippen molar-refractivity contribution in [2.24, 2.45) is 0 Å². The van der Waals surface area contributed by atoms with Crippen molar-refractivity contribution in [3.63, 3.8) is 0 Å². The Morgan fingerprint density at radius 2 is 2.03 bits per heavy atom. The lowest BCUT2D eigenvalue weighted by Crippen LogP contribution is -2.08. The van der Waals surface area contributed by atoms with Crippen molar-refractivity contribution in [3.8, 4) is 17.0 Å². The highest BCUT2D eigenvalue weighted by Gasteiger charge is 2.25. The summed E-state index contributed by atoms with van der Waals surface area (Å²) in [5.41, 5.74) is 6.09. The molecule has 4 heterocycles. The number of H-pyrrole nitrogens is 1. The quantitative estimate of drug-likeness (QED) is 0.456. The van der Waals surface area contributed by atoms with E-state index < -0.39 is 0 Å². The molecular weight excluding hydrogens is 390 g/mol. The number of rotatable bonds is 5. The Morgan fingerprint density at radius 1 is 1.16 bits per heavy atom. The van der Waals surface area contributed by atoms with Crippen LogP contribution in [0.25, 0.3) is 33.2 Å². The van der Waals surface area contributed by atoms with Gasteiger partial charge in [-0.3, -0.25) is 24.7 Å². The summed E-state index contributed by atoms with van der Waals surface area (Å²) in [5.74, 6) is 0.748. The van der Waals surface area contributed by atoms with Crippen molar-refractivity contribution in [1.29, 1.82) is 0 Å². The van der Waals surface area contributed by atoms with Crippen molar-refractivity contribution in [2.75, 3.05) is 0 Å². The van der Waals surface area contributed by atoms with E-state index in [0.29, 0.717) is 6.04 Å². The van der Waals surface area contributed by atoms with Crippen LogP contribution in [0, 0.1) is 6.92 Å². The molecule has 1 aliphatic carbocycles. The third-order valence-corrected chi connectivity index (χ3v) is 5.64. The number of benzene rings is 1.